The molecule has 20 heavy (non-hydrogen) atoms. The molecule has 5 nitrogen and oxygen atoms in total. The van der Waals surface area contributed by atoms with Gasteiger partial charge in [-0.25, -0.2) is 0 Å². The zero-order valence-corrected chi connectivity index (χ0v) is 12.4. The second kappa shape index (κ2) is 6.03. The van der Waals surface area contributed by atoms with Crippen LogP contribution in [0.25, 0.3) is 0 Å². The van der Waals surface area contributed by atoms with Gasteiger partial charge in [-0.1, -0.05) is 6.92 Å². The van der Waals surface area contributed by atoms with Crippen molar-refractivity contribution in [2.75, 3.05) is 21.3 Å². The highest BCUT2D eigenvalue weighted by atomic mass is 16.5. The number of hydrogen-bond acceptors (Lipinski definition) is 4. The van der Waals surface area contributed by atoms with Crippen LogP contribution in [-0.2, 0) is 11.3 Å². The van der Waals surface area contributed by atoms with E-state index in [9.17, 15) is 4.79 Å². The largest absolute Gasteiger partial charge is 0.493 e. The summed E-state index contributed by atoms with van der Waals surface area (Å²) < 4.78 is 15.8. The molecule has 5 heteroatoms. The fraction of sp³-hybridized carbons (Fsp3) is 0.533. The van der Waals surface area contributed by atoms with Gasteiger partial charge in [-0.05, 0) is 30.0 Å². The molecular weight excluding hydrogens is 258 g/mol. The maximum absolute atomic E-state index is 11.8. The molecular formula is C15H21NO4. The van der Waals surface area contributed by atoms with E-state index in [1.54, 1.807) is 21.3 Å². The Hall–Kier alpha value is -1.91. The number of rotatable bonds is 6. The molecule has 1 fully saturated rings. The third-order valence-corrected chi connectivity index (χ3v) is 3.64. The fourth-order valence-corrected chi connectivity index (χ4v) is 2.25. The summed E-state index contributed by atoms with van der Waals surface area (Å²) in [5.41, 5.74) is 0.918. The van der Waals surface area contributed by atoms with Gasteiger partial charge in [0.25, 0.3) is 0 Å². The van der Waals surface area contributed by atoms with Crippen LogP contribution in [0.3, 0.4) is 0 Å². The number of carbonyl (C=O) groups excluding carboxylic acids is 1. The van der Waals surface area contributed by atoms with Crippen molar-refractivity contribution in [3.05, 3.63) is 17.7 Å². The van der Waals surface area contributed by atoms with Crippen LogP contribution in [0, 0.1) is 11.8 Å². The third-order valence-electron chi connectivity index (χ3n) is 3.64. The molecule has 1 N–H and O–H groups in total. The zero-order valence-electron chi connectivity index (χ0n) is 12.4. The Morgan fingerprint density at radius 1 is 1.20 bits per heavy atom. The lowest BCUT2D eigenvalue weighted by Crippen LogP contribution is -2.24. The molecule has 0 spiro atoms. The lowest BCUT2D eigenvalue weighted by molar-refractivity contribution is -0.122. The van der Waals surface area contributed by atoms with Gasteiger partial charge in [-0.15, -0.1) is 0 Å². The average Bonchev–Trinajstić information content (AvgIpc) is 3.20. The van der Waals surface area contributed by atoms with Crippen molar-refractivity contribution in [2.24, 2.45) is 11.8 Å². The number of ether oxygens (including phenoxy) is 3. The van der Waals surface area contributed by atoms with E-state index in [1.807, 2.05) is 12.1 Å². The molecule has 2 atom stereocenters. The zero-order chi connectivity index (χ0) is 14.7. The van der Waals surface area contributed by atoms with Crippen LogP contribution in [0.5, 0.6) is 17.2 Å². The molecule has 1 aromatic rings. The Balaban J connectivity index is 2.09. The van der Waals surface area contributed by atoms with Crippen molar-refractivity contribution in [1.82, 2.24) is 5.32 Å². The van der Waals surface area contributed by atoms with Gasteiger partial charge in [0.2, 0.25) is 11.7 Å². The normalized spacial score (nSPS) is 20.2. The van der Waals surface area contributed by atoms with Gasteiger partial charge in [-0.3, -0.25) is 4.79 Å². The Morgan fingerprint density at radius 3 is 2.15 bits per heavy atom. The molecule has 1 aliphatic rings. The molecule has 2 unspecified atom stereocenters. The molecule has 1 aliphatic carbocycles. The van der Waals surface area contributed by atoms with Gasteiger partial charge in [0.1, 0.15) is 0 Å². The van der Waals surface area contributed by atoms with Gasteiger partial charge in [-0.2, -0.15) is 0 Å². The lowest BCUT2D eigenvalue weighted by Gasteiger charge is -2.14. The molecule has 0 aliphatic heterocycles. The molecule has 110 valence electrons. The average molecular weight is 279 g/mol. The Kier molecular flexibility index (Phi) is 4.37. The smallest absolute Gasteiger partial charge is 0.223 e. The predicted octanol–water partition coefficient (Wildman–Crippen LogP) is 1.98. The van der Waals surface area contributed by atoms with Crippen molar-refractivity contribution in [3.8, 4) is 17.2 Å². The second-order valence-electron chi connectivity index (χ2n) is 5.07. The van der Waals surface area contributed by atoms with Crippen LogP contribution >= 0.6 is 0 Å². The van der Waals surface area contributed by atoms with Crippen LogP contribution in [0.4, 0.5) is 0 Å². The van der Waals surface area contributed by atoms with Crippen molar-refractivity contribution in [1.29, 1.82) is 0 Å². The summed E-state index contributed by atoms with van der Waals surface area (Å²) in [6, 6.07) is 3.69. The second-order valence-corrected chi connectivity index (χ2v) is 5.07. The van der Waals surface area contributed by atoms with Gasteiger partial charge < -0.3 is 19.5 Å². The maximum Gasteiger partial charge on any atom is 0.223 e. The molecule has 0 aromatic heterocycles. The van der Waals surface area contributed by atoms with E-state index in [4.69, 9.17) is 14.2 Å². The van der Waals surface area contributed by atoms with Crippen molar-refractivity contribution in [2.45, 2.75) is 19.9 Å². The molecule has 1 amide bonds. The number of amides is 1. The first-order chi connectivity index (χ1) is 9.60. The van der Waals surface area contributed by atoms with E-state index >= 15 is 0 Å². The fourth-order valence-electron chi connectivity index (χ4n) is 2.25. The van der Waals surface area contributed by atoms with Crippen LogP contribution < -0.4 is 19.5 Å². The predicted molar refractivity (Wildman–Crippen MR) is 75.2 cm³/mol. The molecule has 1 aromatic carbocycles. The van der Waals surface area contributed by atoms with E-state index in [1.165, 1.54) is 0 Å². The van der Waals surface area contributed by atoms with Crippen LogP contribution in [0.2, 0.25) is 0 Å². The number of nitrogens with one attached hydrogen (secondary N) is 1. The van der Waals surface area contributed by atoms with E-state index in [0.29, 0.717) is 29.7 Å². The van der Waals surface area contributed by atoms with Gasteiger partial charge in [0.05, 0.1) is 21.3 Å². The Morgan fingerprint density at radius 2 is 1.75 bits per heavy atom. The topological polar surface area (TPSA) is 56.8 Å². The minimum absolute atomic E-state index is 0.117. The highest BCUT2D eigenvalue weighted by Gasteiger charge is 2.38. The summed E-state index contributed by atoms with van der Waals surface area (Å²) >= 11 is 0. The molecule has 2 rings (SSSR count). The molecule has 0 radical (unpaired) electrons. The van der Waals surface area contributed by atoms with E-state index in [0.717, 1.165) is 12.0 Å². The summed E-state index contributed by atoms with van der Waals surface area (Å²) in [7, 11) is 4.72. The van der Waals surface area contributed by atoms with E-state index in [-0.39, 0.29) is 11.8 Å². The van der Waals surface area contributed by atoms with E-state index in [2.05, 4.69) is 12.2 Å². The standard InChI is InChI=1S/C15H21NO4/c1-9-5-11(9)15(17)16-8-10-6-12(18-2)14(20-4)13(7-10)19-3/h6-7,9,11H,5,8H2,1-4H3,(H,16,17). The number of carbonyl (C=O) groups is 1. The summed E-state index contributed by atoms with van der Waals surface area (Å²) in [6.45, 7) is 2.54. The van der Waals surface area contributed by atoms with Gasteiger partial charge in [0, 0.05) is 12.5 Å². The Bertz CT molecular complexity index is 476. The minimum Gasteiger partial charge on any atom is -0.493 e. The third kappa shape index (κ3) is 2.98. The summed E-state index contributed by atoms with van der Waals surface area (Å²) in [6.07, 6.45) is 0.987. The van der Waals surface area contributed by atoms with E-state index < -0.39 is 0 Å². The van der Waals surface area contributed by atoms with Crippen LogP contribution in [0.1, 0.15) is 18.9 Å². The van der Waals surface area contributed by atoms with Gasteiger partial charge >= 0.3 is 0 Å². The van der Waals surface area contributed by atoms with Crippen LogP contribution in [0.15, 0.2) is 12.1 Å². The summed E-state index contributed by atoms with van der Waals surface area (Å²) in [5, 5.41) is 2.94. The first-order valence-electron chi connectivity index (χ1n) is 6.67. The monoisotopic (exact) mass is 279 g/mol. The van der Waals surface area contributed by atoms with Gasteiger partial charge in [0.15, 0.2) is 11.5 Å². The molecule has 0 saturated heterocycles. The summed E-state index contributed by atoms with van der Waals surface area (Å²) in [4.78, 5) is 11.8. The minimum atomic E-state index is 0.117. The van der Waals surface area contributed by atoms with Crippen molar-refractivity contribution < 1.29 is 19.0 Å². The van der Waals surface area contributed by atoms with Crippen molar-refractivity contribution in [3.63, 3.8) is 0 Å². The number of methoxy groups -OCH3 is 3. The highest BCUT2D eigenvalue weighted by molar-refractivity contribution is 5.81. The Labute approximate surface area is 119 Å². The highest BCUT2D eigenvalue weighted by Crippen LogP contribution is 2.39. The number of benzene rings is 1. The lowest BCUT2D eigenvalue weighted by atomic mass is 10.1. The molecule has 0 heterocycles. The van der Waals surface area contributed by atoms with Crippen molar-refractivity contribution >= 4 is 5.91 Å². The molecule has 0 bridgehead atoms. The van der Waals surface area contributed by atoms with Crippen LogP contribution in [-0.4, -0.2) is 27.2 Å². The first-order valence-corrected chi connectivity index (χ1v) is 6.67. The maximum atomic E-state index is 11.8. The molecule has 1 saturated carbocycles. The quantitative estimate of drug-likeness (QED) is 0.865. The summed E-state index contributed by atoms with van der Waals surface area (Å²) in [5.74, 6) is 2.55. The first kappa shape index (κ1) is 14.5. The SMILES string of the molecule is COc1cc(CNC(=O)C2CC2C)cc(OC)c1OC. The number of hydrogen-bond donors (Lipinski definition) is 1.